The van der Waals surface area contributed by atoms with Crippen LogP contribution in [0.3, 0.4) is 0 Å². The lowest BCUT2D eigenvalue weighted by Crippen LogP contribution is -2.40. The number of ether oxygens (including phenoxy) is 1. The number of thioether (sulfide) groups is 1. The second-order valence-corrected chi connectivity index (χ2v) is 7.10. The van der Waals surface area contributed by atoms with Gasteiger partial charge in [0.05, 0.1) is 35.9 Å². The molecule has 136 valence electrons. The van der Waals surface area contributed by atoms with Crippen molar-refractivity contribution in [1.82, 2.24) is 20.0 Å². The molecule has 3 atom stereocenters. The number of aromatic nitrogens is 4. The highest BCUT2D eigenvalue weighted by Crippen LogP contribution is 2.25. The van der Waals surface area contributed by atoms with Crippen molar-refractivity contribution in [3.8, 4) is 0 Å². The van der Waals surface area contributed by atoms with Crippen LogP contribution in [0, 0.1) is 6.92 Å². The monoisotopic (exact) mass is 363 g/mol. The molecule has 3 unspecified atom stereocenters. The van der Waals surface area contributed by atoms with Crippen LogP contribution < -0.4 is 4.90 Å². The number of anilines is 1. The summed E-state index contributed by atoms with van der Waals surface area (Å²) >= 11 is 1.77. The molecule has 25 heavy (non-hydrogen) atoms. The van der Waals surface area contributed by atoms with Crippen LogP contribution in [0.4, 0.5) is 5.69 Å². The maximum absolute atomic E-state index is 13.2. The molecule has 7 nitrogen and oxygen atoms in total. The van der Waals surface area contributed by atoms with Crippen LogP contribution in [-0.2, 0) is 4.74 Å². The zero-order valence-corrected chi connectivity index (χ0v) is 16.3. The molecule has 8 heteroatoms. The van der Waals surface area contributed by atoms with Gasteiger partial charge < -0.3 is 4.74 Å². The number of carbonyl (C=O) groups excluding carboxylic acids is 1. The van der Waals surface area contributed by atoms with Gasteiger partial charge in [-0.2, -0.15) is 27.1 Å². The number of amides is 1. The normalized spacial score (nSPS) is 14.8. The second-order valence-electron chi connectivity index (χ2n) is 5.88. The van der Waals surface area contributed by atoms with Crippen molar-refractivity contribution in [3.63, 3.8) is 0 Å². The van der Waals surface area contributed by atoms with Crippen molar-refractivity contribution in [2.75, 3.05) is 18.3 Å². The molecule has 0 aliphatic rings. The predicted molar refractivity (Wildman–Crippen MR) is 100.0 cm³/mol. The fraction of sp³-hybridized carbons (Fsp3) is 0.529. The first-order valence-electron chi connectivity index (χ1n) is 8.12. The van der Waals surface area contributed by atoms with Crippen LogP contribution in [0.1, 0.15) is 42.9 Å². The maximum atomic E-state index is 13.2. The Balaban J connectivity index is 2.39. The third-order valence-corrected chi connectivity index (χ3v) is 5.62. The Morgan fingerprint density at radius 1 is 1.28 bits per heavy atom. The molecule has 2 rings (SSSR count). The Bertz CT molecular complexity index is 706. The van der Waals surface area contributed by atoms with E-state index >= 15 is 0 Å². The molecule has 2 aromatic rings. The number of rotatable bonds is 7. The van der Waals surface area contributed by atoms with Gasteiger partial charge in [0.2, 0.25) is 0 Å². The van der Waals surface area contributed by atoms with E-state index < -0.39 is 6.23 Å². The Morgan fingerprint density at radius 2 is 2.00 bits per heavy atom. The maximum Gasteiger partial charge on any atom is 0.263 e. The summed E-state index contributed by atoms with van der Waals surface area (Å²) in [5.41, 5.74) is 2.03. The molecule has 2 aromatic heterocycles. The molecule has 1 amide bonds. The van der Waals surface area contributed by atoms with Crippen molar-refractivity contribution in [2.45, 2.75) is 45.2 Å². The van der Waals surface area contributed by atoms with Gasteiger partial charge in [-0.15, -0.1) is 0 Å². The summed E-state index contributed by atoms with van der Waals surface area (Å²) in [5.74, 6) is -0.171. The molecule has 0 saturated carbocycles. The minimum atomic E-state index is -0.443. The largest absolute Gasteiger partial charge is 0.361 e. The van der Waals surface area contributed by atoms with Crippen LogP contribution in [0.5, 0.6) is 0 Å². The van der Waals surface area contributed by atoms with Gasteiger partial charge in [-0.3, -0.25) is 14.4 Å². The molecule has 0 fully saturated rings. The van der Waals surface area contributed by atoms with Crippen molar-refractivity contribution < 1.29 is 9.53 Å². The molecule has 0 spiro atoms. The highest BCUT2D eigenvalue weighted by molar-refractivity contribution is 7.99. The predicted octanol–water partition coefficient (Wildman–Crippen LogP) is 2.93. The van der Waals surface area contributed by atoms with Crippen LogP contribution in [-0.4, -0.2) is 50.7 Å². The van der Waals surface area contributed by atoms with Gasteiger partial charge in [0.25, 0.3) is 5.91 Å². The second kappa shape index (κ2) is 8.44. The van der Waals surface area contributed by atoms with Crippen LogP contribution in [0.15, 0.2) is 24.7 Å². The molecule has 0 bridgehead atoms. The van der Waals surface area contributed by atoms with E-state index in [9.17, 15) is 4.79 Å². The van der Waals surface area contributed by atoms with Gasteiger partial charge in [0.1, 0.15) is 6.23 Å². The smallest absolute Gasteiger partial charge is 0.263 e. The molecule has 0 N–H and O–H groups in total. The third-order valence-electron chi connectivity index (χ3n) is 4.48. The van der Waals surface area contributed by atoms with E-state index in [4.69, 9.17) is 4.74 Å². The van der Waals surface area contributed by atoms with Crippen molar-refractivity contribution in [2.24, 2.45) is 0 Å². The van der Waals surface area contributed by atoms with E-state index in [1.54, 1.807) is 48.4 Å². The quantitative estimate of drug-likeness (QED) is 0.704. The van der Waals surface area contributed by atoms with E-state index in [0.29, 0.717) is 16.5 Å². The van der Waals surface area contributed by atoms with Crippen molar-refractivity contribution in [3.05, 3.63) is 35.9 Å². The summed E-state index contributed by atoms with van der Waals surface area (Å²) in [7, 11) is 1.57. The summed E-state index contributed by atoms with van der Waals surface area (Å²) in [4.78, 5) is 14.7. The van der Waals surface area contributed by atoms with E-state index in [1.807, 2.05) is 18.5 Å². The minimum Gasteiger partial charge on any atom is -0.361 e. The lowest BCUT2D eigenvalue weighted by molar-refractivity contribution is 0.0801. The summed E-state index contributed by atoms with van der Waals surface area (Å²) in [6, 6.07) is 1.92. The van der Waals surface area contributed by atoms with Gasteiger partial charge in [0, 0.05) is 18.1 Å². The summed E-state index contributed by atoms with van der Waals surface area (Å²) < 4.78 is 7.30. The lowest BCUT2D eigenvalue weighted by Gasteiger charge is -2.27. The van der Waals surface area contributed by atoms with Gasteiger partial charge in [-0.1, -0.05) is 6.92 Å². The average Bonchev–Trinajstić information content (AvgIpc) is 3.02. The van der Waals surface area contributed by atoms with E-state index in [1.165, 1.54) is 0 Å². The number of nitrogens with zero attached hydrogens (tertiary/aromatic N) is 5. The Kier molecular flexibility index (Phi) is 6.55. The van der Waals surface area contributed by atoms with Crippen LogP contribution >= 0.6 is 11.8 Å². The fourth-order valence-electron chi connectivity index (χ4n) is 2.59. The molecule has 0 radical (unpaired) electrons. The van der Waals surface area contributed by atoms with Crippen LogP contribution in [0.25, 0.3) is 0 Å². The zero-order chi connectivity index (χ0) is 18.6. The first-order chi connectivity index (χ1) is 11.9. The topological polar surface area (TPSA) is 73.1 Å². The lowest BCUT2D eigenvalue weighted by atomic mass is 10.2. The number of methoxy groups -OCH3 is 1. The summed E-state index contributed by atoms with van der Waals surface area (Å²) in [5, 5.41) is 12.5. The van der Waals surface area contributed by atoms with E-state index in [0.717, 1.165) is 5.69 Å². The van der Waals surface area contributed by atoms with Crippen LogP contribution in [0.2, 0.25) is 0 Å². The molecule has 0 saturated heterocycles. The fourth-order valence-corrected chi connectivity index (χ4v) is 3.10. The Hall–Kier alpha value is -1.93. The number of hydrogen-bond acceptors (Lipinski definition) is 6. The Labute approximate surface area is 152 Å². The average molecular weight is 363 g/mol. The zero-order valence-electron chi connectivity index (χ0n) is 15.5. The Morgan fingerprint density at radius 3 is 2.56 bits per heavy atom. The summed E-state index contributed by atoms with van der Waals surface area (Å²) in [6.45, 7) is 8.00. The molecule has 0 aromatic carbocycles. The molecular formula is C17H25N5O2S. The van der Waals surface area contributed by atoms with Crippen molar-refractivity contribution >= 4 is 23.4 Å². The van der Waals surface area contributed by atoms with Gasteiger partial charge in [-0.25, -0.2) is 0 Å². The third kappa shape index (κ3) is 4.01. The molecular weight excluding hydrogens is 338 g/mol. The van der Waals surface area contributed by atoms with E-state index in [2.05, 4.69) is 35.4 Å². The number of hydrogen-bond donors (Lipinski definition) is 0. The van der Waals surface area contributed by atoms with Gasteiger partial charge >= 0.3 is 0 Å². The molecule has 0 aliphatic carbocycles. The number of carbonyl (C=O) groups is 1. The first kappa shape index (κ1) is 19.4. The first-order valence-corrected chi connectivity index (χ1v) is 9.41. The standard InChI is InChI=1S/C17H25N5O2S/c1-11(13(3)25-6)22-12(2)16(10-20-22)17(23)21(14(4)24-5)15-7-8-18-19-9-15/h7-11,13-14H,1-6H3. The molecule has 0 aliphatic heterocycles. The van der Waals surface area contributed by atoms with Gasteiger partial charge in [0.15, 0.2) is 0 Å². The van der Waals surface area contributed by atoms with Gasteiger partial charge in [-0.05, 0) is 33.1 Å². The van der Waals surface area contributed by atoms with E-state index in [-0.39, 0.29) is 11.9 Å². The highest BCUT2D eigenvalue weighted by atomic mass is 32.2. The highest BCUT2D eigenvalue weighted by Gasteiger charge is 2.28. The summed E-state index contributed by atoms with van der Waals surface area (Å²) in [6.07, 6.45) is 6.36. The minimum absolute atomic E-state index is 0.171. The van der Waals surface area contributed by atoms with Crippen molar-refractivity contribution in [1.29, 1.82) is 0 Å². The molecule has 2 heterocycles. The SMILES string of the molecule is COC(C)N(C(=O)c1cnn(C(C)C(C)SC)c1C)c1ccnnc1.